The fourth-order valence-corrected chi connectivity index (χ4v) is 1.73. The molecule has 0 saturated carbocycles. The molecule has 0 fully saturated rings. The molecule has 0 amide bonds. The zero-order valence-electron chi connectivity index (χ0n) is 10.7. The van der Waals surface area contributed by atoms with Crippen LogP contribution in [0.5, 0.6) is 0 Å². The van der Waals surface area contributed by atoms with Crippen LogP contribution in [-0.2, 0) is 6.42 Å². The fraction of sp³-hybridized carbons (Fsp3) is 0.167. The Hall–Kier alpha value is -2.84. The van der Waals surface area contributed by atoms with Crippen molar-refractivity contribution in [3.05, 3.63) is 51.7 Å². The lowest BCUT2D eigenvalue weighted by Crippen LogP contribution is -2.10. The first-order chi connectivity index (χ1) is 9.95. The summed E-state index contributed by atoms with van der Waals surface area (Å²) >= 11 is 0. The molecule has 0 spiro atoms. The van der Waals surface area contributed by atoms with Crippen molar-refractivity contribution in [2.75, 3.05) is 17.6 Å². The van der Waals surface area contributed by atoms with Crippen molar-refractivity contribution in [3.8, 4) is 0 Å². The van der Waals surface area contributed by atoms with Gasteiger partial charge in [0.15, 0.2) is 0 Å². The smallest absolute Gasteiger partial charge is 0.329 e. The Morgan fingerprint density at radius 3 is 2.57 bits per heavy atom. The second-order valence-corrected chi connectivity index (χ2v) is 4.17. The van der Waals surface area contributed by atoms with Crippen LogP contribution in [0.1, 0.15) is 5.56 Å². The molecule has 0 atom stereocenters. The number of nitrogens with two attached hydrogens (primary N) is 1. The summed E-state index contributed by atoms with van der Waals surface area (Å²) in [6.45, 7) is 0.195. The molecule has 21 heavy (non-hydrogen) atoms. The van der Waals surface area contributed by atoms with E-state index in [0.29, 0.717) is 5.56 Å². The SMILES string of the molecule is Nc1ncc([N+](=O)[O-])c(NCCc2cc(F)cc(F)c2)n1. The minimum absolute atomic E-state index is 0.0376. The molecular weight excluding hydrogens is 284 g/mol. The average Bonchev–Trinajstić information content (AvgIpc) is 2.37. The predicted molar refractivity (Wildman–Crippen MR) is 71.7 cm³/mol. The van der Waals surface area contributed by atoms with Gasteiger partial charge in [-0.2, -0.15) is 4.98 Å². The van der Waals surface area contributed by atoms with Crippen molar-refractivity contribution >= 4 is 17.5 Å². The van der Waals surface area contributed by atoms with Crippen LogP contribution in [0, 0.1) is 21.7 Å². The first-order valence-corrected chi connectivity index (χ1v) is 5.91. The number of hydrogen-bond acceptors (Lipinski definition) is 6. The second kappa shape index (κ2) is 6.07. The van der Waals surface area contributed by atoms with Gasteiger partial charge in [-0.05, 0) is 24.1 Å². The van der Waals surface area contributed by atoms with Crippen molar-refractivity contribution in [2.24, 2.45) is 0 Å². The molecule has 110 valence electrons. The first kappa shape index (κ1) is 14.6. The molecule has 2 aromatic rings. The number of hydrogen-bond donors (Lipinski definition) is 2. The molecule has 3 N–H and O–H groups in total. The molecule has 0 aliphatic heterocycles. The lowest BCUT2D eigenvalue weighted by Gasteiger charge is -2.07. The third kappa shape index (κ3) is 3.81. The number of nitrogens with zero attached hydrogens (tertiary/aromatic N) is 3. The van der Waals surface area contributed by atoms with Crippen molar-refractivity contribution in [1.29, 1.82) is 0 Å². The van der Waals surface area contributed by atoms with E-state index in [2.05, 4.69) is 15.3 Å². The molecular formula is C12H11F2N5O2. The van der Waals surface area contributed by atoms with Crippen molar-refractivity contribution < 1.29 is 13.7 Å². The van der Waals surface area contributed by atoms with Gasteiger partial charge in [-0.3, -0.25) is 10.1 Å². The summed E-state index contributed by atoms with van der Waals surface area (Å²) in [4.78, 5) is 17.4. The van der Waals surface area contributed by atoms with Gasteiger partial charge in [0, 0.05) is 12.6 Å². The molecule has 0 radical (unpaired) electrons. The number of rotatable bonds is 5. The van der Waals surface area contributed by atoms with Crippen LogP contribution in [0.4, 0.5) is 26.2 Å². The summed E-state index contributed by atoms with van der Waals surface area (Å²) in [6.07, 6.45) is 1.25. The maximum absolute atomic E-state index is 13.0. The highest BCUT2D eigenvalue weighted by Crippen LogP contribution is 2.21. The predicted octanol–water partition coefficient (Wildman–Crippen LogP) is 1.90. The van der Waals surface area contributed by atoms with Crippen molar-refractivity contribution in [2.45, 2.75) is 6.42 Å². The highest BCUT2D eigenvalue weighted by molar-refractivity contribution is 5.56. The van der Waals surface area contributed by atoms with E-state index in [1.54, 1.807) is 0 Å². The Balaban J connectivity index is 2.06. The molecule has 1 aromatic carbocycles. The third-order valence-corrected chi connectivity index (χ3v) is 2.61. The number of aromatic nitrogens is 2. The summed E-state index contributed by atoms with van der Waals surface area (Å²) in [7, 11) is 0. The van der Waals surface area contributed by atoms with E-state index in [-0.39, 0.29) is 30.4 Å². The van der Waals surface area contributed by atoms with E-state index in [4.69, 9.17) is 5.73 Å². The number of nitro groups is 1. The summed E-state index contributed by atoms with van der Waals surface area (Å²) < 4.78 is 26.0. The maximum atomic E-state index is 13.0. The van der Waals surface area contributed by atoms with E-state index >= 15 is 0 Å². The standard InChI is InChI=1S/C12H11F2N5O2/c13-8-3-7(4-9(14)5-8)1-2-16-11-10(19(20)21)6-17-12(15)18-11/h3-6H,1-2H2,(H3,15,16,17,18). The van der Waals surface area contributed by atoms with Gasteiger partial charge in [0.2, 0.25) is 11.8 Å². The van der Waals surface area contributed by atoms with Crippen LogP contribution in [0.25, 0.3) is 0 Å². The van der Waals surface area contributed by atoms with Gasteiger partial charge in [0.1, 0.15) is 17.8 Å². The zero-order chi connectivity index (χ0) is 15.4. The number of nitrogen functional groups attached to an aromatic ring is 1. The molecule has 7 nitrogen and oxygen atoms in total. The molecule has 1 aromatic heterocycles. The highest BCUT2D eigenvalue weighted by atomic mass is 19.1. The maximum Gasteiger partial charge on any atom is 0.329 e. The second-order valence-electron chi connectivity index (χ2n) is 4.17. The summed E-state index contributed by atoms with van der Waals surface area (Å²) in [5.74, 6) is -1.51. The molecule has 9 heteroatoms. The zero-order valence-corrected chi connectivity index (χ0v) is 10.7. The molecule has 0 aliphatic carbocycles. The number of benzene rings is 1. The number of halogens is 2. The molecule has 0 aliphatic rings. The summed E-state index contributed by atoms with van der Waals surface area (Å²) in [6, 6.07) is 3.15. The van der Waals surface area contributed by atoms with Crippen LogP contribution in [-0.4, -0.2) is 21.4 Å². The lowest BCUT2D eigenvalue weighted by molar-refractivity contribution is -0.384. The van der Waals surface area contributed by atoms with Gasteiger partial charge in [0.25, 0.3) is 0 Å². The van der Waals surface area contributed by atoms with Crippen LogP contribution in [0.15, 0.2) is 24.4 Å². The molecule has 0 unspecified atom stereocenters. The third-order valence-electron chi connectivity index (χ3n) is 2.61. The summed E-state index contributed by atoms with van der Waals surface area (Å²) in [5, 5.41) is 13.5. The Bertz CT molecular complexity index is 660. The average molecular weight is 295 g/mol. The lowest BCUT2D eigenvalue weighted by atomic mass is 10.1. The molecule has 1 heterocycles. The van der Waals surface area contributed by atoms with Crippen molar-refractivity contribution in [3.63, 3.8) is 0 Å². The van der Waals surface area contributed by atoms with Crippen molar-refractivity contribution in [1.82, 2.24) is 9.97 Å². The van der Waals surface area contributed by atoms with Gasteiger partial charge < -0.3 is 11.1 Å². The summed E-state index contributed by atoms with van der Waals surface area (Å²) in [5.41, 5.74) is 5.46. The van der Waals surface area contributed by atoms with Gasteiger partial charge in [-0.1, -0.05) is 0 Å². The normalized spacial score (nSPS) is 10.4. The number of anilines is 2. The molecule has 0 bridgehead atoms. The van der Waals surface area contributed by atoms with Crippen LogP contribution in [0.3, 0.4) is 0 Å². The van der Waals surface area contributed by atoms with Gasteiger partial charge >= 0.3 is 5.69 Å². The monoisotopic (exact) mass is 295 g/mol. The van der Waals surface area contributed by atoms with E-state index in [0.717, 1.165) is 12.3 Å². The van der Waals surface area contributed by atoms with Crippen LogP contribution in [0.2, 0.25) is 0 Å². The Morgan fingerprint density at radius 1 is 1.29 bits per heavy atom. The van der Waals surface area contributed by atoms with E-state index < -0.39 is 16.6 Å². The van der Waals surface area contributed by atoms with Gasteiger partial charge in [-0.15, -0.1) is 0 Å². The number of nitrogens with one attached hydrogen (secondary N) is 1. The van der Waals surface area contributed by atoms with Gasteiger partial charge in [0.05, 0.1) is 4.92 Å². The minimum atomic E-state index is -0.678. The fourth-order valence-electron chi connectivity index (χ4n) is 1.73. The Kier molecular flexibility index (Phi) is 4.21. The quantitative estimate of drug-likeness (QED) is 0.644. The van der Waals surface area contributed by atoms with E-state index in [1.165, 1.54) is 12.1 Å². The Labute approximate surface area is 118 Å². The van der Waals surface area contributed by atoms with Crippen LogP contribution < -0.4 is 11.1 Å². The largest absolute Gasteiger partial charge is 0.368 e. The van der Waals surface area contributed by atoms with Crippen LogP contribution >= 0.6 is 0 Å². The van der Waals surface area contributed by atoms with Gasteiger partial charge in [-0.25, -0.2) is 13.8 Å². The molecule has 0 saturated heterocycles. The topological polar surface area (TPSA) is 107 Å². The minimum Gasteiger partial charge on any atom is -0.368 e. The first-order valence-electron chi connectivity index (χ1n) is 5.91. The van der Waals surface area contributed by atoms with E-state index in [1.807, 2.05) is 0 Å². The van der Waals surface area contributed by atoms with E-state index in [9.17, 15) is 18.9 Å². The molecule has 2 rings (SSSR count). The highest BCUT2D eigenvalue weighted by Gasteiger charge is 2.16. The Morgan fingerprint density at radius 2 is 1.95 bits per heavy atom.